The first-order valence-electron chi connectivity index (χ1n) is 25.5. The van der Waals surface area contributed by atoms with Gasteiger partial charge in [-0.2, -0.15) is 0 Å². The van der Waals surface area contributed by atoms with Crippen LogP contribution in [0.2, 0.25) is 0 Å². The summed E-state index contributed by atoms with van der Waals surface area (Å²) in [5.41, 5.74) is 16.4. The molecule has 74 heavy (non-hydrogen) atoms. The molecule has 14 aromatic rings. The monoisotopic (exact) mass is 940 g/mol. The molecular formula is C72H48N2. The molecule has 1 aromatic heterocycles. The van der Waals surface area contributed by atoms with Crippen molar-refractivity contribution in [2.75, 3.05) is 4.90 Å². The number of nitrogens with zero attached hydrogens (tertiary/aromatic N) is 2. The number of para-hydroxylation sites is 3. The second-order valence-corrected chi connectivity index (χ2v) is 19.2. The third-order valence-corrected chi connectivity index (χ3v) is 14.9. The lowest BCUT2D eigenvalue weighted by Gasteiger charge is -2.25. The smallest absolute Gasteiger partial charge is 0.0561 e. The maximum atomic E-state index is 2.45. The summed E-state index contributed by atoms with van der Waals surface area (Å²) in [6.07, 6.45) is 4.50. The molecule has 0 saturated carbocycles. The highest BCUT2D eigenvalue weighted by atomic mass is 15.1. The second-order valence-electron chi connectivity index (χ2n) is 19.2. The van der Waals surface area contributed by atoms with Crippen LogP contribution >= 0.6 is 0 Å². The van der Waals surface area contributed by atoms with Gasteiger partial charge in [0.15, 0.2) is 0 Å². The number of fused-ring (bicyclic) bond motifs is 10. The van der Waals surface area contributed by atoms with E-state index in [2.05, 4.69) is 301 Å². The van der Waals surface area contributed by atoms with Crippen molar-refractivity contribution in [1.82, 2.24) is 4.57 Å². The van der Waals surface area contributed by atoms with Gasteiger partial charge in [0.25, 0.3) is 0 Å². The van der Waals surface area contributed by atoms with Crippen molar-refractivity contribution < 1.29 is 0 Å². The van der Waals surface area contributed by atoms with E-state index in [1.807, 2.05) is 0 Å². The van der Waals surface area contributed by atoms with Crippen molar-refractivity contribution in [3.05, 3.63) is 290 Å². The van der Waals surface area contributed by atoms with Gasteiger partial charge in [-0.3, -0.25) is 0 Å². The van der Waals surface area contributed by atoms with E-state index in [0.29, 0.717) is 0 Å². The zero-order valence-corrected chi connectivity index (χ0v) is 40.6. The van der Waals surface area contributed by atoms with Crippen molar-refractivity contribution >= 4 is 94.1 Å². The van der Waals surface area contributed by atoms with Crippen LogP contribution in [-0.2, 0) is 0 Å². The Morgan fingerprint density at radius 2 is 0.770 bits per heavy atom. The van der Waals surface area contributed by atoms with Crippen LogP contribution in [0.5, 0.6) is 0 Å². The molecule has 13 aromatic carbocycles. The lowest BCUT2D eigenvalue weighted by molar-refractivity contribution is 1.18. The average Bonchev–Trinajstić information content (AvgIpc) is 3.80. The Bertz CT molecular complexity index is 4400. The van der Waals surface area contributed by atoms with Gasteiger partial charge in [0.05, 0.1) is 11.0 Å². The Balaban J connectivity index is 0.875. The lowest BCUT2D eigenvalue weighted by Crippen LogP contribution is -2.09. The fraction of sp³-hybridized carbons (Fsp3) is 0. The third-order valence-electron chi connectivity index (χ3n) is 14.9. The molecule has 0 aliphatic carbocycles. The molecule has 0 bridgehead atoms. The van der Waals surface area contributed by atoms with Gasteiger partial charge in [0, 0.05) is 33.5 Å². The van der Waals surface area contributed by atoms with E-state index < -0.39 is 0 Å². The van der Waals surface area contributed by atoms with Gasteiger partial charge in [-0.15, -0.1) is 0 Å². The summed E-state index contributed by atoms with van der Waals surface area (Å²) < 4.78 is 2.42. The van der Waals surface area contributed by atoms with E-state index in [1.165, 1.54) is 92.8 Å². The van der Waals surface area contributed by atoms with Crippen LogP contribution in [0.3, 0.4) is 0 Å². The quantitative estimate of drug-likeness (QED) is 0.103. The van der Waals surface area contributed by atoms with Crippen LogP contribution in [0.4, 0.5) is 17.1 Å². The standard InChI is InChI=1S/C72H48N2/c1-6-20-51(21-7-1)66-48-67(70(52-22-8-2-9-23-52)72-65-33-19-17-31-61(65)60-30-16-18-32-64(60)71(66)72)55-40-39-53-44-49(36-38-54(53)46-55)34-35-50-37-42-62-63-43-41-59(47-69(63)74(68(62)45-50)58-28-14-5-15-29-58)73(56-24-10-3-11-25-56)57-26-12-4-13-27-57/h1-48H/b35-34+. The number of rotatable bonds is 9. The van der Waals surface area contributed by atoms with Gasteiger partial charge in [-0.25, -0.2) is 0 Å². The molecule has 2 nitrogen and oxygen atoms in total. The van der Waals surface area contributed by atoms with Crippen LogP contribution < -0.4 is 4.90 Å². The largest absolute Gasteiger partial charge is 0.310 e. The minimum absolute atomic E-state index is 1.10. The van der Waals surface area contributed by atoms with E-state index in [-0.39, 0.29) is 0 Å². The van der Waals surface area contributed by atoms with E-state index in [1.54, 1.807) is 0 Å². The highest BCUT2D eigenvalue weighted by Gasteiger charge is 2.22. The van der Waals surface area contributed by atoms with Crippen LogP contribution in [-0.4, -0.2) is 4.57 Å². The van der Waals surface area contributed by atoms with Gasteiger partial charge >= 0.3 is 0 Å². The van der Waals surface area contributed by atoms with Gasteiger partial charge in [0.2, 0.25) is 0 Å². The fourth-order valence-corrected chi connectivity index (χ4v) is 11.5. The molecule has 1 heterocycles. The van der Waals surface area contributed by atoms with Crippen molar-refractivity contribution in [3.8, 4) is 39.1 Å². The van der Waals surface area contributed by atoms with Crippen molar-refractivity contribution in [3.63, 3.8) is 0 Å². The van der Waals surface area contributed by atoms with Crippen molar-refractivity contribution in [2.45, 2.75) is 0 Å². The Kier molecular flexibility index (Phi) is 10.6. The van der Waals surface area contributed by atoms with Crippen LogP contribution in [0.25, 0.3) is 116 Å². The average molecular weight is 941 g/mol. The molecular weight excluding hydrogens is 893 g/mol. The summed E-state index contributed by atoms with van der Waals surface area (Å²) in [7, 11) is 0. The molecule has 0 fully saturated rings. The zero-order chi connectivity index (χ0) is 49.0. The number of anilines is 3. The Hall–Kier alpha value is -9.76. The predicted octanol–water partition coefficient (Wildman–Crippen LogP) is 20.0. The predicted molar refractivity (Wildman–Crippen MR) is 317 cm³/mol. The maximum absolute atomic E-state index is 2.45. The molecule has 0 radical (unpaired) electrons. The van der Waals surface area contributed by atoms with Gasteiger partial charge in [0.1, 0.15) is 0 Å². The van der Waals surface area contributed by atoms with Crippen molar-refractivity contribution in [2.24, 2.45) is 0 Å². The minimum atomic E-state index is 1.10. The van der Waals surface area contributed by atoms with E-state index in [9.17, 15) is 0 Å². The van der Waals surface area contributed by atoms with E-state index >= 15 is 0 Å². The molecule has 0 N–H and O–H groups in total. The number of aromatic nitrogens is 1. The molecule has 0 saturated heterocycles. The number of hydrogen-bond donors (Lipinski definition) is 0. The second kappa shape index (κ2) is 18.1. The molecule has 0 spiro atoms. The van der Waals surface area contributed by atoms with E-state index in [4.69, 9.17) is 0 Å². The molecule has 0 unspecified atom stereocenters. The van der Waals surface area contributed by atoms with Gasteiger partial charge in [-0.1, -0.05) is 218 Å². The first-order valence-corrected chi connectivity index (χ1v) is 25.5. The first kappa shape index (κ1) is 43.1. The molecule has 0 amide bonds. The lowest BCUT2D eigenvalue weighted by atomic mass is 9.81. The summed E-state index contributed by atoms with van der Waals surface area (Å²) in [4.78, 5) is 2.33. The molecule has 0 aliphatic rings. The Labute approximate surface area is 430 Å². The first-order chi connectivity index (χ1) is 36.7. The fourth-order valence-electron chi connectivity index (χ4n) is 11.5. The van der Waals surface area contributed by atoms with Crippen molar-refractivity contribution in [1.29, 1.82) is 0 Å². The van der Waals surface area contributed by atoms with Crippen LogP contribution in [0.15, 0.2) is 279 Å². The summed E-state index contributed by atoms with van der Waals surface area (Å²) >= 11 is 0. The van der Waals surface area contributed by atoms with E-state index in [0.717, 1.165) is 39.4 Å². The van der Waals surface area contributed by atoms with Gasteiger partial charge in [-0.05, 0) is 160 Å². The number of benzene rings is 13. The summed E-state index contributed by atoms with van der Waals surface area (Å²) in [5, 5.41) is 12.5. The SMILES string of the molecule is C(=C\c1ccc2c3ccc(N(c4ccccc4)c4ccccc4)cc3n(-c3ccccc3)c2c1)/c1ccc2cc(-c3cc(-c4ccccc4)c4c5ccccc5c5ccccc5c4c3-c3ccccc3)ccc2c1. The summed E-state index contributed by atoms with van der Waals surface area (Å²) in [5.74, 6) is 0. The molecule has 346 valence electrons. The van der Waals surface area contributed by atoms with Crippen LogP contribution in [0, 0.1) is 0 Å². The highest BCUT2D eigenvalue weighted by molar-refractivity contribution is 6.33. The topological polar surface area (TPSA) is 8.17 Å². The Morgan fingerprint density at radius 1 is 0.284 bits per heavy atom. The minimum Gasteiger partial charge on any atom is -0.310 e. The molecule has 14 rings (SSSR count). The summed E-state index contributed by atoms with van der Waals surface area (Å²) in [6.45, 7) is 0. The normalized spacial score (nSPS) is 11.7. The van der Waals surface area contributed by atoms with Crippen LogP contribution in [0.1, 0.15) is 11.1 Å². The molecule has 2 heteroatoms. The molecule has 0 atom stereocenters. The molecule has 0 aliphatic heterocycles. The maximum Gasteiger partial charge on any atom is 0.0561 e. The highest BCUT2D eigenvalue weighted by Crippen LogP contribution is 2.49. The third kappa shape index (κ3) is 7.43. The van der Waals surface area contributed by atoms with Gasteiger partial charge < -0.3 is 9.47 Å². The zero-order valence-electron chi connectivity index (χ0n) is 40.6. The Morgan fingerprint density at radius 3 is 1.42 bits per heavy atom. The summed E-state index contributed by atoms with van der Waals surface area (Å²) in [6, 6.07) is 102. The number of hydrogen-bond acceptors (Lipinski definition) is 1.